The molecule has 0 bridgehead atoms. The average molecular weight is 294 g/mol. The first-order valence-corrected chi connectivity index (χ1v) is 6.49. The normalized spacial score (nSPS) is 11.4. The molecule has 0 aliphatic heterocycles. The molecule has 0 spiro atoms. The van der Waals surface area contributed by atoms with Crippen molar-refractivity contribution in [1.82, 2.24) is 15.0 Å². The zero-order valence-electron chi connectivity index (χ0n) is 11.7. The predicted molar refractivity (Wildman–Crippen MR) is 80.3 cm³/mol. The Bertz CT molecular complexity index is 891. The first-order valence-electron chi connectivity index (χ1n) is 6.49. The summed E-state index contributed by atoms with van der Waals surface area (Å²) in [6.45, 7) is 0. The van der Waals surface area contributed by atoms with Crippen LogP contribution in [-0.4, -0.2) is 22.1 Å². The number of fused-ring (bicyclic) bond motifs is 1. The summed E-state index contributed by atoms with van der Waals surface area (Å²) in [4.78, 5) is 1.14. The van der Waals surface area contributed by atoms with Gasteiger partial charge < -0.3 is 4.74 Å². The van der Waals surface area contributed by atoms with Crippen LogP contribution in [-0.2, 0) is 0 Å². The molecular weight excluding hydrogens is 283 g/mol. The number of halogens is 1. The summed E-state index contributed by atoms with van der Waals surface area (Å²) < 4.78 is 18.7. The van der Waals surface area contributed by atoms with Gasteiger partial charge in [0, 0.05) is 0 Å². The van der Waals surface area contributed by atoms with E-state index in [1.165, 1.54) is 6.07 Å². The second-order valence-corrected chi connectivity index (χ2v) is 4.51. The zero-order chi connectivity index (χ0) is 15.5. The van der Waals surface area contributed by atoms with Crippen molar-refractivity contribution in [2.24, 2.45) is 0 Å². The van der Waals surface area contributed by atoms with Crippen LogP contribution in [0, 0.1) is 17.1 Å². The van der Waals surface area contributed by atoms with E-state index in [0.29, 0.717) is 5.52 Å². The molecule has 108 valence electrons. The Hall–Kier alpha value is -3.20. The highest BCUT2D eigenvalue weighted by Gasteiger charge is 2.10. The minimum atomic E-state index is -0.467. The molecule has 0 N–H and O–H groups in total. The van der Waals surface area contributed by atoms with Crippen molar-refractivity contribution < 1.29 is 9.13 Å². The van der Waals surface area contributed by atoms with Gasteiger partial charge in [0.25, 0.3) is 0 Å². The molecule has 0 unspecified atom stereocenters. The minimum Gasteiger partial charge on any atom is -0.497 e. The third-order valence-electron chi connectivity index (χ3n) is 3.11. The number of benzene rings is 2. The monoisotopic (exact) mass is 294 g/mol. The Labute approximate surface area is 125 Å². The molecule has 0 saturated heterocycles. The summed E-state index contributed by atoms with van der Waals surface area (Å²) in [6.07, 6.45) is 1.62. The summed E-state index contributed by atoms with van der Waals surface area (Å²) in [5.41, 5.74) is 1.52. The van der Waals surface area contributed by atoms with Crippen molar-refractivity contribution in [2.75, 3.05) is 7.11 Å². The second kappa shape index (κ2) is 5.66. The fourth-order valence-electron chi connectivity index (χ4n) is 2.00. The van der Waals surface area contributed by atoms with Crippen LogP contribution in [0.15, 0.2) is 42.5 Å². The van der Waals surface area contributed by atoms with Gasteiger partial charge in [0.1, 0.15) is 22.9 Å². The lowest BCUT2D eigenvalue weighted by Gasteiger charge is -2.00. The molecule has 0 aliphatic carbocycles. The lowest BCUT2D eigenvalue weighted by molar-refractivity contribution is 0.415. The van der Waals surface area contributed by atoms with Crippen LogP contribution in [0.1, 0.15) is 5.56 Å². The van der Waals surface area contributed by atoms with Crippen molar-refractivity contribution in [3.05, 3.63) is 53.8 Å². The molecule has 0 aliphatic rings. The number of hydrogen-bond donors (Lipinski definition) is 0. The van der Waals surface area contributed by atoms with Gasteiger partial charge in [-0.1, -0.05) is 18.2 Å². The number of aromatic nitrogens is 3. The van der Waals surface area contributed by atoms with Gasteiger partial charge >= 0.3 is 0 Å². The Morgan fingerprint density at radius 2 is 2.00 bits per heavy atom. The number of allylic oxidation sites excluding steroid dienone is 1. The van der Waals surface area contributed by atoms with Crippen LogP contribution in [0.4, 0.5) is 4.39 Å². The lowest BCUT2D eigenvalue weighted by atomic mass is 10.2. The highest BCUT2D eigenvalue weighted by atomic mass is 19.1. The molecule has 3 rings (SSSR count). The highest BCUT2D eigenvalue weighted by Crippen LogP contribution is 2.17. The van der Waals surface area contributed by atoms with E-state index in [1.54, 1.807) is 49.6 Å². The minimum absolute atomic E-state index is 0.137. The topological polar surface area (TPSA) is 63.7 Å². The second-order valence-electron chi connectivity index (χ2n) is 4.51. The third-order valence-corrected chi connectivity index (χ3v) is 3.11. The molecule has 3 aromatic rings. The van der Waals surface area contributed by atoms with Gasteiger partial charge in [-0.05, 0) is 35.9 Å². The molecule has 2 aromatic carbocycles. The largest absolute Gasteiger partial charge is 0.497 e. The van der Waals surface area contributed by atoms with Gasteiger partial charge in [-0.2, -0.15) is 5.26 Å². The molecule has 0 saturated carbocycles. The maximum atomic E-state index is 13.6. The maximum absolute atomic E-state index is 13.6. The molecule has 0 amide bonds. The van der Waals surface area contributed by atoms with Gasteiger partial charge in [-0.25, -0.2) is 4.39 Å². The maximum Gasteiger partial charge on any atom is 0.163 e. The Balaban J connectivity index is 2.03. The van der Waals surface area contributed by atoms with Gasteiger partial charge in [0.15, 0.2) is 11.5 Å². The van der Waals surface area contributed by atoms with Gasteiger partial charge in [-0.15, -0.1) is 15.0 Å². The number of rotatable bonds is 3. The number of nitriles is 1. The summed E-state index contributed by atoms with van der Waals surface area (Å²) in [5, 5.41) is 17.5. The van der Waals surface area contributed by atoms with Crippen molar-refractivity contribution in [1.29, 1.82) is 5.26 Å². The first-order chi connectivity index (χ1) is 10.7. The molecule has 0 fully saturated rings. The van der Waals surface area contributed by atoms with Crippen LogP contribution in [0.5, 0.6) is 5.75 Å². The average Bonchev–Trinajstić information content (AvgIpc) is 2.98. The van der Waals surface area contributed by atoms with Gasteiger partial charge in [-0.3, -0.25) is 0 Å². The number of methoxy groups -OCH3 is 1. The van der Waals surface area contributed by atoms with Gasteiger partial charge in [0.05, 0.1) is 7.11 Å². The quantitative estimate of drug-likeness (QED) is 0.696. The standard InChI is InChI=1S/C16H11FN4O/c1-22-13-7-5-11(6-8-13)9-12(10-18)21-19-15-4-2-3-14(17)16(15)20-21/h2-9H,1H3/b12-9+. The van der Waals surface area contributed by atoms with Crippen LogP contribution in [0.25, 0.3) is 22.8 Å². The smallest absolute Gasteiger partial charge is 0.163 e. The number of hydrogen-bond acceptors (Lipinski definition) is 4. The summed E-state index contributed by atoms with van der Waals surface area (Å²) in [6, 6.07) is 13.7. The molecule has 0 radical (unpaired) electrons. The zero-order valence-corrected chi connectivity index (χ0v) is 11.7. The van der Waals surface area contributed by atoms with E-state index >= 15 is 0 Å². The van der Waals surface area contributed by atoms with E-state index in [-0.39, 0.29) is 11.2 Å². The lowest BCUT2D eigenvalue weighted by Crippen LogP contribution is -1.99. The summed E-state index contributed by atoms with van der Waals surface area (Å²) in [7, 11) is 1.58. The molecule has 22 heavy (non-hydrogen) atoms. The first kappa shape index (κ1) is 13.8. The summed E-state index contributed by atoms with van der Waals surface area (Å²) >= 11 is 0. The SMILES string of the molecule is COc1ccc(/C=C(\C#N)n2nc3cccc(F)c3n2)cc1. The van der Waals surface area contributed by atoms with Crippen LogP contribution in [0.3, 0.4) is 0 Å². The fraction of sp³-hybridized carbons (Fsp3) is 0.0625. The van der Waals surface area contributed by atoms with Crippen molar-refractivity contribution in [2.45, 2.75) is 0 Å². The van der Waals surface area contributed by atoms with Crippen molar-refractivity contribution in [3.63, 3.8) is 0 Å². The fourth-order valence-corrected chi connectivity index (χ4v) is 2.00. The molecular formula is C16H11FN4O. The summed E-state index contributed by atoms with van der Waals surface area (Å²) in [5.74, 6) is 0.256. The van der Waals surface area contributed by atoms with Crippen molar-refractivity contribution >= 4 is 22.8 Å². The van der Waals surface area contributed by atoms with Crippen molar-refractivity contribution in [3.8, 4) is 11.8 Å². The van der Waals surface area contributed by atoms with E-state index in [9.17, 15) is 9.65 Å². The van der Waals surface area contributed by atoms with E-state index in [4.69, 9.17) is 4.74 Å². The van der Waals surface area contributed by atoms with Crippen LogP contribution >= 0.6 is 0 Å². The third kappa shape index (κ3) is 2.52. The highest BCUT2D eigenvalue weighted by molar-refractivity contribution is 5.81. The Morgan fingerprint density at radius 1 is 1.23 bits per heavy atom. The van der Waals surface area contributed by atoms with E-state index in [1.807, 2.05) is 6.07 Å². The molecule has 5 nitrogen and oxygen atoms in total. The molecule has 1 aromatic heterocycles. The van der Waals surface area contributed by atoms with E-state index in [2.05, 4.69) is 10.2 Å². The molecule has 6 heteroatoms. The van der Waals surface area contributed by atoms with Gasteiger partial charge in [0.2, 0.25) is 0 Å². The Morgan fingerprint density at radius 3 is 2.64 bits per heavy atom. The predicted octanol–water partition coefficient (Wildman–Crippen LogP) is 3.10. The molecule has 0 atom stereocenters. The van der Waals surface area contributed by atoms with Crippen LogP contribution < -0.4 is 4.74 Å². The number of nitrogens with zero attached hydrogens (tertiary/aromatic N) is 4. The van der Waals surface area contributed by atoms with E-state index in [0.717, 1.165) is 16.1 Å². The Kier molecular flexibility index (Phi) is 3.54. The number of ether oxygens (including phenoxy) is 1. The van der Waals surface area contributed by atoms with Crippen LogP contribution in [0.2, 0.25) is 0 Å². The molecule has 1 heterocycles. The van der Waals surface area contributed by atoms with E-state index < -0.39 is 5.82 Å².